The first kappa shape index (κ1) is 17.1. The molecular weight excluding hydrogens is 462 g/mol. The van der Waals surface area contributed by atoms with Crippen molar-refractivity contribution >= 4 is 55.7 Å². The van der Waals surface area contributed by atoms with Crippen LogP contribution < -0.4 is 5.32 Å². The molecule has 0 aliphatic heterocycles. The molecule has 0 aliphatic rings. The van der Waals surface area contributed by atoms with E-state index in [1.165, 1.54) is 18.2 Å². The molecule has 1 N–H and O–H groups in total. The molecule has 0 spiro atoms. The number of fused-ring (bicyclic) bond motifs is 1. The van der Waals surface area contributed by atoms with Crippen LogP contribution in [0.2, 0.25) is 0 Å². The first-order chi connectivity index (χ1) is 12.6. The van der Waals surface area contributed by atoms with Crippen molar-refractivity contribution in [3.05, 3.63) is 81.7 Å². The van der Waals surface area contributed by atoms with E-state index in [0.717, 1.165) is 24.4 Å². The van der Waals surface area contributed by atoms with Crippen molar-refractivity contribution < 1.29 is 9.18 Å². The van der Waals surface area contributed by atoms with Gasteiger partial charge in [-0.05, 0) is 71.1 Å². The van der Waals surface area contributed by atoms with E-state index >= 15 is 0 Å². The molecule has 3 nitrogen and oxygen atoms in total. The second kappa shape index (κ2) is 7.13. The van der Waals surface area contributed by atoms with Crippen molar-refractivity contribution in [2.24, 2.45) is 0 Å². The molecule has 0 aliphatic carbocycles. The summed E-state index contributed by atoms with van der Waals surface area (Å²) in [6.45, 7) is 0. The standard InChI is InChI=1S/C20H12FIN2OS/c21-13-5-3-4-12(10-13)19(25)23-16-9-8-14(22)11-15(16)20-24-17-6-1-2-7-18(17)26-20/h1-11H,(H,23,25). The predicted molar refractivity (Wildman–Crippen MR) is 112 cm³/mol. The Morgan fingerprint density at radius 3 is 2.69 bits per heavy atom. The number of thiazole rings is 1. The number of carbonyl (C=O) groups is 1. The van der Waals surface area contributed by atoms with Crippen molar-refractivity contribution in [3.63, 3.8) is 0 Å². The van der Waals surface area contributed by atoms with Crippen molar-refractivity contribution in [1.82, 2.24) is 4.98 Å². The lowest BCUT2D eigenvalue weighted by Gasteiger charge is -2.10. The summed E-state index contributed by atoms with van der Waals surface area (Å²) in [6.07, 6.45) is 0. The highest BCUT2D eigenvalue weighted by Crippen LogP contribution is 2.35. The smallest absolute Gasteiger partial charge is 0.255 e. The van der Waals surface area contributed by atoms with Gasteiger partial charge in [-0.3, -0.25) is 4.79 Å². The van der Waals surface area contributed by atoms with Crippen LogP contribution in [0.25, 0.3) is 20.8 Å². The monoisotopic (exact) mass is 474 g/mol. The SMILES string of the molecule is O=C(Nc1ccc(I)cc1-c1nc2ccccc2s1)c1cccc(F)c1. The number of carbonyl (C=O) groups excluding carboxylic acids is 1. The summed E-state index contributed by atoms with van der Waals surface area (Å²) in [5.74, 6) is -0.792. The van der Waals surface area contributed by atoms with Crippen LogP contribution >= 0.6 is 33.9 Å². The number of halogens is 2. The molecule has 0 saturated carbocycles. The van der Waals surface area contributed by atoms with Crippen LogP contribution in [0.15, 0.2) is 66.7 Å². The molecule has 1 heterocycles. The summed E-state index contributed by atoms with van der Waals surface area (Å²) in [6, 6.07) is 19.3. The number of rotatable bonds is 3. The van der Waals surface area contributed by atoms with Crippen molar-refractivity contribution in [2.75, 3.05) is 5.32 Å². The molecule has 3 aromatic carbocycles. The number of amides is 1. The summed E-state index contributed by atoms with van der Waals surface area (Å²) < 4.78 is 15.5. The third-order valence-electron chi connectivity index (χ3n) is 3.84. The van der Waals surface area contributed by atoms with Crippen LogP contribution in [-0.4, -0.2) is 10.9 Å². The number of anilines is 1. The van der Waals surface area contributed by atoms with Gasteiger partial charge < -0.3 is 5.32 Å². The van der Waals surface area contributed by atoms with Crippen LogP contribution in [0.5, 0.6) is 0 Å². The minimum atomic E-state index is -0.438. The minimum Gasteiger partial charge on any atom is -0.321 e. The largest absolute Gasteiger partial charge is 0.321 e. The molecule has 4 aromatic rings. The van der Waals surface area contributed by atoms with Gasteiger partial charge in [0.2, 0.25) is 0 Å². The molecular formula is C20H12FIN2OS. The molecule has 128 valence electrons. The number of hydrogen-bond acceptors (Lipinski definition) is 3. The second-order valence-corrected chi connectivity index (χ2v) is 7.92. The van der Waals surface area contributed by atoms with Crippen LogP contribution in [0.1, 0.15) is 10.4 Å². The zero-order valence-corrected chi connectivity index (χ0v) is 16.3. The van der Waals surface area contributed by atoms with Gasteiger partial charge in [0.25, 0.3) is 5.91 Å². The maximum Gasteiger partial charge on any atom is 0.255 e. The summed E-state index contributed by atoms with van der Waals surface area (Å²) in [5.41, 5.74) is 2.70. The third kappa shape index (κ3) is 3.47. The topological polar surface area (TPSA) is 42.0 Å². The molecule has 1 aromatic heterocycles. The fourth-order valence-corrected chi connectivity index (χ4v) is 4.10. The quantitative estimate of drug-likeness (QED) is 0.373. The molecule has 0 atom stereocenters. The van der Waals surface area contributed by atoms with E-state index in [1.807, 2.05) is 42.5 Å². The fraction of sp³-hybridized carbons (Fsp3) is 0. The van der Waals surface area contributed by atoms with Crippen LogP contribution in [0.4, 0.5) is 10.1 Å². The number of aromatic nitrogens is 1. The Morgan fingerprint density at radius 2 is 1.88 bits per heavy atom. The Hall–Kier alpha value is -2.32. The van der Waals surface area contributed by atoms with E-state index in [1.54, 1.807) is 17.4 Å². The molecule has 0 radical (unpaired) electrons. The van der Waals surface area contributed by atoms with E-state index in [2.05, 4.69) is 32.9 Å². The summed E-state index contributed by atoms with van der Waals surface area (Å²) in [7, 11) is 0. The van der Waals surface area contributed by atoms with E-state index in [9.17, 15) is 9.18 Å². The van der Waals surface area contributed by atoms with Gasteiger partial charge in [0.15, 0.2) is 0 Å². The Labute approximate surface area is 167 Å². The number of hydrogen-bond donors (Lipinski definition) is 1. The summed E-state index contributed by atoms with van der Waals surface area (Å²) in [5, 5.41) is 3.71. The Balaban J connectivity index is 1.74. The highest BCUT2D eigenvalue weighted by molar-refractivity contribution is 14.1. The lowest BCUT2D eigenvalue weighted by molar-refractivity contribution is 0.102. The Kier molecular flexibility index (Phi) is 4.69. The average molecular weight is 474 g/mol. The lowest BCUT2D eigenvalue weighted by atomic mass is 10.1. The molecule has 26 heavy (non-hydrogen) atoms. The second-order valence-electron chi connectivity index (χ2n) is 5.64. The first-order valence-electron chi connectivity index (χ1n) is 7.82. The highest BCUT2D eigenvalue weighted by atomic mass is 127. The van der Waals surface area contributed by atoms with Gasteiger partial charge in [-0.25, -0.2) is 9.37 Å². The minimum absolute atomic E-state index is 0.277. The number of para-hydroxylation sites is 1. The van der Waals surface area contributed by atoms with Crippen molar-refractivity contribution in [1.29, 1.82) is 0 Å². The average Bonchev–Trinajstić information content (AvgIpc) is 3.07. The molecule has 0 unspecified atom stereocenters. The normalized spacial score (nSPS) is 10.8. The van der Waals surface area contributed by atoms with E-state index in [-0.39, 0.29) is 11.5 Å². The lowest BCUT2D eigenvalue weighted by Crippen LogP contribution is -2.12. The maximum atomic E-state index is 13.4. The van der Waals surface area contributed by atoms with E-state index in [0.29, 0.717) is 5.69 Å². The molecule has 6 heteroatoms. The Bertz CT molecular complexity index is 1090. The molecule has 0 bridgehead atoms. The predicted octanol–water partition coefficient (Wildman–Crippen LogP) is 5.96. The summed E-state index contributed by atoms with van der Waals surface area (Å²) in [4.78, 5) is 17.2. The van der Waals surface area contributed by atoms with Crippen molar-refractivity contribution in [3.8, 4) is 10.6 Å². The fourth-order valence-electron chi connectivity index (χ4n) is 2.61. The van der Waals surface area contributed by atoms with Gasteiger partial charge in [0, 0.05) is 14.7 Å². The maximum absolute atomic E-state index is 13.4. The molecule has 4 rings (SSSR count). The van der Waals surface area contributed by atoms with Crippen LogP contribution in [-0.2, 0) is 0 Å². The van der Waals surface area contributed by atoms with Crippen LogP contribution in [0.3, 0.4) is 0 Å². The van der Waals surface area contributed by atoms with E-state index in [4.69, 9.17) is 0 Å². The van der Waals surface area contributed by atoms with Crippen LogP contribution in [0, 0.1) is 9.39 Å². The van der Waals surface area contributed by atoms with Gasteiger partial charge in [-0.2, -0.15) is 0 Å². The molecule has 0 saturated heterocycles. The van der Waals surface area contributed by atoms with Gasteiger partial charge in [-0.1, -0.05) is 18.2 Å². The zero-order chi connectivity index (χ0) is 18.1. The van der Waals surface area contributed by atoms with Crippen molar-refractivity contribution in [2.45, 2.75) is 0 Å². The number of benzene rings is 3. The summed E-state index contributed by atoms with van der Waals surface area (Å²) >= 11 is 3.80. The van der Waals surface area contributed by atoms with E-state index < -0.39 is 5.82 Å². The number of nitrogens with one attached hydrogen (secondary N) is 1. The molecule has 0 fully saturated rings. The third-order valence-corrected chi connectivity index (χ3v) is 5.58. The Morgan fingerprint density at radius 1 is 1.04 bits per heavy atom. The van der Waals surface area contributed by atoms with Gasteiger partial charge >= 0.3 is 0 Å². The highest BCUT2D eigenvalue weighted by Gasteiger charge is 2.14. The first-order valence-corrected chi connectivity index (χ1v) is 9.72. The van der Waals surface area contributed by atoms with Gasteiger partial charge in [-0.15, -0.1) is 11.3 Å². The number of nitrogens with zero attached hydrogens (tertiary/aromatic N) is 1. The van der Waals surface area contributed by atoms with Gasteiger partial charge in [0.05, 0.1) is 15.9 Å². The molecule has 1 amide bonds. The zero-order valence-electron chi connectivity index (χ0n) is 13.4. The van der Waals surface area contributed by atoms with Gasteiger partial charge in [0.1, 0.15) is 10.8 Å².